The second-order valence-electron chi connectivity index (χ2n) is 7.21. The molecule has 3 rings (SSSR count). The number of rotatable bonds is 5. The molecule has 1 amide bonds. The fraction of sp³-hybridized carbons (Fsp3) is 0.350. The first kappa shape index (κ1) is 23.8. The second kappa shape index (κ2) is 9.36. The van der Waals surface area contributed by atoms with Gasteiger partial charge in [-0.3, -0.25) is 4.79 Å². The van der Waals surface area contributed by atoms with Gasteiger partial charge in [0.25, 0.3) is 0 Å². The maximum absolute atomic E-state index is 13.1. The van der Waals surface area contributed by atoms with Crippen LogP contribution in [-0.4, -0.2) is 31.7 Å². The number of amides is 1. The average molecular weight is 495 g/mol. The zero-order chi connectivity index (χ0) is 22.8. The molecule has 1 heterocycles. The second-order valence-corrected chi connectivity index (χ2v) is 9.99. The van der Waals surface area contributed by atoms with E-state index < -0.39 is 33.6 Å². The van der Waals surface area contributed by atoms with Gasteiger partial charge in [0.1, 0.15) is 0 Å². The molecule has 0 bridgehead atoms. The molecule has 1 aliphatic heterocycles. The van der Waals surface area contributed by atoms with E-state index >= 15 is 0 Å². The number of piperidine rings is 1. The van der Waals surface area contributed by atoms with E-state index in [9.17, 15) is 26.4 Å². The number of hydrogen-bond acceptors (Lipinski definition) is 3. The van der Waals surface area contributed by atoms with Gasteiger partial charge in [-0.2, -0.15) is 13.2 Å². The van der Waals surface area contributed by atoms with Gasteiger partial charge in [0.15, 0.2) is 0 Å². The van der Waals surface area contributed by atoms with Gasteiger partial charge in [0.2, 0.25) is 15.9 Å². The number of halogens is 5. The summed E-state index contributed by atoms with van der Waals surface area (Å²) in [7, 11) is -3.65. The van der Waals surface area contributed by atoms with Crippen LogP contribution >= 0.6 is 23.2 Å². The molecule has 0 aromatic heterocycles. The lowest BCUT2D eigenvalue weighted by Crippen LogP contribution is -2.42. The predicted molar refractivity (Wildman–Crippen MR) is 113 cm³/mol. The van der Waals surface area contributed by atoms with Crippen molar-refractivity contribution in [1.82, 2.24) is 4.31 Å². The number of alkyl halides is 3. The molecule has 0 saturated carbocycles. The fourth-order valence-electron chi connectivity index (χ4n) is 3.40. The van der Waals surface area contributed by atoms with Crippen LogP contribution in [-0.2, 0) is 26.7 Å². The van der Waals surface area contributed by atoms with Crippen LogP contribution in [0, 0.1) is 5.92 Å². The Labute approximate surface area is 188 Å². The minimum absolute atomic E-state index is 0.0999. The Kier molecular flexibility index (Phi) is 7.20. The molecule has 1 saturated heterocycles. The first-order valence-electron chi connectivity index (χ1n) is 9.36. The SMILES string of the molecule is O=C(Nc1ccccc1C(F)(F)F)C1CCN(S(=O)(=O)Cc2ccc(Cl)c(Cl)c2)CC1. The van der Waals surface area contributed by atoms with Gasteiger partial charge in [-0.15, -0.1) is 0 Å². The van der Waals surface area contributed by atoms with Crippen molar-refractivity contribution in [2.24, 2.45) is 5.92 Å². The monoisotopic (exact) mass is 494 g/mol. The van der Waals surface area contributed by atoms with Crippen LogP contribution in [0.15, 0.2) is 42.5 Å². The van der Waals surface area contributed by atoms with E-state index in [2.05, 4.69) is 5.32 Å². The number of sulfonamides is 1. The van der Waals surface area contributed by atoms with Crippen molar-refractivity contribution in [3.8, 4) is 0 Å². The van der Waals surface area contributed by atoms with Crippen molar-refractivity contribution in [1.29, 1.82) is 0 Å². The Morgan fingerprint density at radius 3 is 2.32 bits per heavy atom. The van der Waals surface area contributed by atoms with Gasteiger partial charge >= 0.3 is 6.18 Å². The molecule has 31 heavy (non-hydrogen) atoms. The highest BCUT2D eigenvalue weighted by atomic mass is 35.5. The molecule has 11 heteroatoms. The Bertz CT molecular complexity index is 1070. The Balaban J connectivity index is 1.61. The molecule has 1 fully saturated rings. The molecule has 5 nitrogen and oxygen atoms in total. The molecule has 2 aromatic carbocycles. The summed E-state index contributed by atoms with van der Waals surface area (Å²) in [6.45, 7) is 0.200. The lowest BCUT2D eigenvalue weighted by molar-refractivity contribution is -0.137. The molecule has 0 spiro atoms. The van der Waals surface area contributed by atoms with Crippen molar-refractivity contribution in [2.45, 2.75) is 24.8 Å². The summed E-state index contributed by atoms with van der Waals surface area (Å²) in [6, 6.07) is 9.32. The average Bonchev–Trinajstić information content (AvgIpc) is 2.70. The van der Waals surface area contributed by atoms with Crippen LogP contribution in [0.2, 0.25) is 10.0 Å². The van der Waals surface area contributed by atoms with Gasteiger partial charge in [0, 0.05) is 19.0 Å². The molecular formula is C20H19Cl2F3N2O3S. The van der Waals surface area contributed by atoms with E-state index in [0.717, 1.165) is 6.07 Å². The third-order valence-corrected chi connectivity index (χ3v) is 7.63. The van der Waals surface area contributed by atoms with Gasteiger partial charge in [-0.25, -0.2) is 12.7 Å². The van der Waals surface area contributed by atoms with E-state index in [1.807, 2.05) is 0 Å². The molecule has 0 atom stereocenters. The van der Waals surface area contributed by atoms with Gasteiger partial charge in [-0.1, -0.05) is 41.4 Å². The lowest BCUT2D eigenvalue weighted by Gasteiger charge is -2.30. The summed E-state index contributed by atoms with van der Waals surface area (Å²) in [5.74, 6) is -1.41. The van der Waals surface area contributed by atoms with Crippen LogP contribution in [0.3, 0.4) is 0 Å². The molecule has 0 aliphatic carbocycles. The van der Waals surface area contributed by atoms with Crippen molar-refractivity contribution < 1.29 is 26.4 Å². The normalized spacial score (nSPS) is 16.3. The molecule has 1 aliphatic rings. The minimum Gasteiger partial charge on any atom is -0.325 e. The molecular weight excluding hydrogens is 476 g/mol. The van der Waals surface area contributed by atoms with Crippen LogP contribution < -0.4 is 5.32 Å². The number of carbonyl (C=O) groups excluding carboxylic acids is 1. The number of carbonyl (C=O) groups is 1. The van der Waals surface area contributed by atoms with E-state index in [1.54, 1.807) is 6.07 Å². The highest BCUT2D eigenvalue weighted by molar-refractivity contribution is 7.88. The van der Waals surface area contributed by atoms with Crippen molar-refractivity contribution in [2.75, 3.05) is 18.4 Å². The topological polar surface area (TPSA) is 66.5 Å². The van der Waals surface area contributed by atoms with Crippen LogP contribution in [0.25, 0.3) is 0 Å². The third kappa shape index (κ3) is 5.91. The van der Waals surface area contributed by atoms with Crippen LogP contribution in [0.4, 0.5) is 18.9 Å². The number of para-hydroxylation sites is 1. The summed E-state index contributed by atoms with van der Waals surface area (Å²) in [5.41, 5.74) is -0.752. The van der Waals surface area contributed by atoms with Crippen molar-refractivity contribution in [3.05, 3.63) is 63.6 Å². The number of hydrogen-bond donors (Lipinski definition) is 1. The quantitative estimate of drug-likeness (QED) is 0.621. The maximum atomic E-state index is 13.1. The smallest absolute Gasteiger partial charge is 0.325 e. The van der Waals surface area contributed by atoms with E-state index in [1.165, 1.54) is 34.6 Å². The first-order chi connectivity index (χ1) is 14.5. The lowest BCUT2D eigenvalue weighted by atomic mass is 9.97. The fourth-order valence-corrected chi connectivity index (χ4v) is 5.27. The minimum atomic E-state index is -4.59. The number of anilines is 1. The number of nitrogens with zero attached hydrogens (tertiary/aromatic N) is 1. The Morgan fingerprint density at radius 1 is 1.06 bits per heavy atom. The Morgan fingerprint density at radius 2 is 1.71 bits per heavy atom. The van der Waals surface area contributed by atoms with E-state index in [0.29, 0.717) is 10.6 Å². The standard InChI is InChI=1S/C20H19Cl2F3N2O3S/c21-16-6-5-13(11-17(16)22)12-31(29,30)27-9-7-14(8-10-27)19(28)26-18-4-2-1-3-15(18)20(23,24)25/h1-6,11,14H,7-10,12H2,(H,26,28). The maximum Gasteiger partial charge on any atom is 0.418 e. The summed E-state index contributed by atoms with van der Waals surface area (Å²) in [4.78, 5) is 12.5. The highest BCUT2D eigenvalue weighted by Gasteiger charge is 2.35. The molecule has 2 aromatic rings. The highest BCUT2D eigenvalue weighted by Crippen LogP contribution is 2.35. The molecule has 168 valence electrons. The third-order valence-electron chi connectivity index (χ3n) is 5.04. The van der Waals surface area contributed by atoms with Crippen molar-refractivity contribution >= 4 is 44.8 Å². The largest absolute Gasteiger partial charge is 0.418 e. The van der Waals surface area contributed by atoms with Gasteiger partial charge < -0.3 is 5.32 Å². The first-order valence-corrected chi connectivity index (χ1v) is 11.7. The summed E-state index contributed by atoms with van der Waals surface area (Å²) >= 11 is 11.8. The molecule has 0 radical (unpaired) electrons. The molecule has 0 unspecified atom stereocenters. The van der Waals surface area contributed by atoms with E-state index in [4.69, 9.17) is 23.2 Å². The van der Waals surface area contributed by atoms with Crippen molar-refractivity contribution in [3.63, 3.8) is 0 Å². The van der Waals surface area contributed by atoms with Crippen LogP contribution in [0.5, 0.6) is 0 Å². The summed E-state index contributed by atoms with van der Waals surface area (Å²) in [5, 5.41) is 2.91. The number of nitrogens with one attached hydrogen (secondary N) is 1. The molecule has 1 N–H and O–H groups in total. The Hall–Kier alpha value is -1.81. The van der Waals surface area contributed by atoms with Crippen LogP contribution in [0.1, 0.15) is 24.0 Å². The predicted octanol–water partition coefficient (Wildman–Crippen LogP) is 5.19. The zero-order valence-corrected chi connectivity index (χ0v) is 18.5. The summed E-state index contributed by atoms with van der Waals surface area (Å²) < 4.78 is 66.0. The van der Waals surface area contributed by atoms with Gasteiger partial charge in [-0.05, 0) is 42.7 Å². The van der Waals surface area contributed by atoms with Gasteiger partial charge in [0.05, 0.1) is 27.0 Å². The van der Waals surface area contributed by atoms with E-state index in [-0.39, 0.29) is 42.4 Å². The zero-order valence-electron chi connectivity index (χ0n) is 16.1. The summed E-state index contributed by atoms with van der Waals surface area (Å²) in [6.07, 6.45) is -4.17. The number of benzene rings is 2.